The summed E-state index contributed by atoms with van der Waals surface area (Å²) >= 11 is -1.11. The molecular formula is C13H15NO3Te. The minimum atomic E-state index is -1.11. The zero-order chi connectivity index (χ0) is 13.5. The van der Waals surface area contributed by atoms with E-state index in [1.54, 1.807) is 19.0 Å². The number of methoxy groups -OCH3 is 1. The third kappa shape index (κ3) is 4.52. The Hall–Kier alpha value is -1.31. The summed E-state index contributed by atoms with van der Waals surface area (Å²) in [5, 5.41) is 0. The Kier molecular flexibility index (Phi) is 5.90. The molecule has 0 aliphatic rings. The van der Waals surface area contributed by atoms with Crippen LogP contribution in [0.2, 0.25) is 0 Å². The molecule has 1 aromatic carbocycles. The van der Waals surface area contributed by atoms with Crippen LogP contribution in [0.1, 0.15) is 5.56 Å². The molecule has 18 heavy (non-hydrogen) atoms. The first kappa shape index (κ1) is 14.7. The summed E-state index contributed by atoms with van der Waals surface area (Å²) in [6, 6.07) is 9.44. The first-order chi connectivity index (χ1) is 8.54. The topological polar surface area (TPSA) is 46.6 Å². The molecule has 0 radical (unpaired) electrons. The van der Waals surface area contributed by atoms with E-state index in [-0.39, 0.29) is 3.96 Å². The maximum absolute atomic E-state index is 11.8. The van der Waals surface area contributed by atoms with Crippen molar-refractivity contribution in [2.45, 2.75) is 0 Å². The number of ether oxygens (including phenoxy) is 1. The first-order valence-electron chi connectivity index (χ1n) is 5.28. The minimum absolute atomic E-state index is 0.0689. The molecule has 1 amide bonds. The molecule has 0 heterocycles. The number of carbonyl (C=O) groups is 2. The number of benzene rings is 1. The van der Waals surface area contributed by atoms with Crippen LogP contribution in [0.15, 0.2) is 36.4 Å². The van der Waals surface area contributed by atoms with Crippen LogP contribution in [-0.4, -0.2) is 57.0 Å². The number of rotatable bonds is 4. The van der Waals surface area contributed by atoms with Gasteiger partial charge in [-0.15, -0.1) is 0 Å². The molecule has 0 aliphatic heterocycles. The van der Waals surface area contributed by atoms with Gasteiger partial charge in [-0.3, -0.25) is 0 Å². The van der Waals surface area contributed by atoms with Crippen LogP contribution < -0.4 is 0 Å². The Morgan fingerprint density at radius 2 is 1.83 bits per heavy atom. The second-order valence-electron chi connectivity index (χ2n) is 3.66. The summed E-state index contributed by atoms with van der Waals surface area (Å²) in [6.45, 7) is 0. The van der Waals surface area contributed by atoms with Gasteiger partial charge in [0.1, 0.15) is 0 Å². The van der Waals surface area contributed by atoms with E-state index in [9.17, 15) is 9.59 Å². The first-order valence-corrected chi connectivity index (χ1v) is 7.62. The molecule has 0 atom stereocenters. The van der Waals surface area contributed by atoms with Crippen molar-refractivity contribution in [2.24, 2.45) is 0 Å². The number of nitrogens with zero attached hydrogens (tertiary/aromatic N) is 1. The van der Waals surface area contributed by atoms with Crippen LogP contribution in [0, 0.1) is 0 Å². The third-order valence-electron chi connectivity index (χ3n) is 2.07. The van der Waals surface area contributed by atoms with Crippen molar-refractivity contribution in [2.75, 3.05) is 21.2 Å². The van der Waals surface area contributed by atoms with E-state index in [1.807, 2.05) is 30.3 Å². The van der Waals surface area contributed by atoms with Crippen molar-refractivity contribution >= 4 is 34.5 Å². The monoisotopic (exact) mass is 363 g/mol. The molecule has 0 aliphatic carbocycles. The summed E-state index contributed by atoms with van der Waals surface area (Å²) in [5.74, 6) is -0.425. The SMILES string of the molecule is COC(=O)/C=C(\[Te]C(=O)N(C)C)c1ccccc1. The molecule has 1 rings (SSSR count). The number of carbonyl (C=O) groups excluding carboxylic acids is 2. The molecule has 5 heteroatoms. The molecule has 0 saturated carbocycles. The molecule has 96 valence electrons. The van der Waals surface area contributed by atoms with Crippen molar-refractivity contribution < 1.29 is 14.3 Å². The Bertz CT molecular complexity index is 455. The quantitative estimate of drug-likeness (QED) is 0.465. The Balaban J connectivity index is 3.00. The normalized spacial score (nSPS) is 10.9. The molecule has 0 N–H and O–H groups in total. The summed E-state index contributed by atoms with van der Waals surface area (Å²) < 4.78 is 5.48. The second-order valence-corrected chi connectivity index (χ2v) is 6.49. The van der Waals surface area contributed by atoms with Crippen LogP contribution in [-0.2, 0) is 9.53 Å². The van der Waals surface area contributed by atoms with E-state index in [1.165, 1.54) is 13.2 Å². The van der Waals surface area contributed by atoms with Gasteiger partial charge in [0, 0.05) is 0 Å². The zero-order valence-electron chi connectivity index (χ0n) is 10.5. The predicted octanol–water partition coefficient (Wildman–Crippen LogP) is 1.59. The van der Waals surface area contributed by atoms with E-state index >= 15 is 0 Å². The summed E-state index contributed by atoms with van der Waals surface area (Å²) in [4.78, 5) is 24.7. The number of esters is 1. The van der Waals surface area contributed by atoms with Crippen molar-refractivity contribution in [1.29, 1.82) is 0 Å². The van der Waals surface area contributed by atoms with Gasteiger partial charge in [0.25, 0.3) is 0 Å². The second kappa shape index (κ2) is 7.20. The van der Waals surface area contributed by atoms with Crippen molar-refractivity contribution in [3.63, 3.8) is 0 Å². The number of hydrogen-bond acceptors (Lipinski definition) is 3. The van der Waals surface area contributed by atoms with Gasteiger partial charge in [-0.1, -0.05) is 0 Å². The third-order valence-corrected chi connectivity index (χ3v) is 5.25. The van der Waals surface area contributed by atoms with E-state index in [2.05, 4.69) is 4.74 Å². The van der Waals surface area contributed by atoms with Crippen molar-refractivity contribution in [3.05, 3.63) is 42.0 Å². The molecule has 0 saturated heterocycles. The molecule has 4 nitrogen and oxygen atoms in total. The van der Waals surface area contributed by atoms with E-state index in [0.717, 1.165) is 9.18 Å². The summed E-state index contributed by atoms with van der Waals surface area (Å²) in [6.07, 6.45) is 1.42. The molecule has 1 aromatic rings. The average Bonchev–Trinajstić information content (AvgIpc) is 2.38. The van der Waals surface area contributed by atoms with Crippen molar-refractivity contribution in [1.82, 2.24) is 4.90 Å². The summed E-state index contributed by atoms with van der Waals surface area (Å²) in [7, 11) is 4.76. The van der Waals surface area contributed by atoms with Gasteiger partial charge >= 0.3 is 117 Å². The van der Waals surface area contributed by atoms with Gasteiger partial charge in [0.05, 0.1) is 0 Å². The Morgan fingerprint density at radius 3 is 2.33 bits per heavy atom. The van der Waals surface area contributed by atoms with Crippen LogP contribution >= 0.6 is 0 Å². The van der Waals surface area contributed by atoms with Crippen LogP contribution in [0.3, 0.4) is 0 Å². The molecule has 0 fully saturated rings. The predicted molar refractivity (Wildman–Crippen MR) is 71.3 cm³/mol. The van der Waals surface area contributed by atoms with Gasteiger partial charge < -0.3 is 0 Å². The van der Waals surface area contributed by atoms with Crippen LogP contribution in [0.4, 0.5) is 4.79 Å². The molecule has 0 unspecified atom stereocenters. The Labute approximate surface area is 117 Å². The fourth-order valence-corrected chi connectivity index (χ4v) is 3.35. The fraction of sp³-hybridized carbons (Fsp3) is 0.231. The van der Waals surface area contributed by atoms with Gasteiger partial charge in [-0.25, -0.2) is 0 Å². The van der Waals surface area contributed by atoms with Gasteiger partial charge in [-0.2, -0.15) is 0 Å². The maximum atomic E-state index is 11.8. The molecular weight excluding hydrogens is 346 g/mol. The fourth-order valence-electron chi connectivity index (χ4n) is 1.13. The van der Waals surface area contributed by atoms with Crippen molar-refractivity contribution in [3.8, 4) is 0 Å². The zero-order valence-corrected chi connectivity index (χ0v) is 12.9. The average molecular weight is 361 g/mol. The molecule has 0 spiro atoms. The van der Waals surface area contributed by atoms with Crippen LogP contribution in [0.25, 0.3) is 3.62 Å². The van der Waals surface area contributed by atoms with Gasteiger partial charge in [0.2, 0.25) is 0 Å². The number of hydrogen-bond donors (Lipinski definition) is 0. The number of amides is 1. The Morgan fingerprint density at radius 1 is 1.22 bits per heavy atom. The van der Waals surface area contributed by atoms with Gasteiger partial charge in [-0.05, 0) is 0 Å². The van der Waals surface area contributed by atoms with E-state index < -0.39 is 26.9 Å². The van der Waals surface area contributed by atoms with Gasteiger partial charge in [0.15, 0.2) is 0 Å². The summed E-state index contributed by atoms with van der Waals surface area (Å²) in [5.41, 5.74) is 0.903. The standard InChI is InChI=1S/C13H15NO3Te/c1-14(2)13(16)18-11(9-12(15)17-3)10-7-5-4-6-8-10/h4-9H,1-3H3/b11-9-. The molecule has 0 bridgehead atoms. The van der Waals surface area contributed by atoms with E-state index in [0.29, 0.717) is 0 Å². The van der Waals surface area contributed by atoms with E-state index in [4.69, 9.17) is 0 Å². The molecule has 0 aromatic heterocycles. The van der Waals surface area contributed by atoms with Crippen LogP contribution in [0.5, 0.6) is 0 Å².